The lowest BCUT2D eigenvalue weighted by molar-refractivity contribution is -0.147. The number of carbonyl (C=O) groups excluding carboxylic acids is 1. The number of amides is 1. The highest BCUT2D eigenvalue weighted by molar-refractivity contribution is 5.87. The lowest BCUT2D eigenvalue weighted by Crippen LogP contribution is -2.44. The lowest BCUT2D eigenvalue weighted by Gasteiger charge is -2.16. The summed E-state index contributed by atoms with van der Waals surface area (Å²) in [5.74, 6) is -3.47. The van der Waals surface area contributed by atoms with Crippen LogP contribution >= 0.6 is 0 Å². The maximum absolute atomic E-state index is 11.5. The number of carboxylic acid groups (broad SMARTS) is 2. The molecule has 7 heteroatoms. The van der Waals surface area contributed by atoms with E-state index in [0.717, 1.165) is 0 Å². The molecular formula is C10H18N2O5. The van der Waals surface area contributed by atoms with E-state index in [1.165, 1.54) is 0 Å². The van der Waals surface area contributed by atoms with Crippen LogP contribution in [-0.4, -0.2) is 40.6 Å². The number of aliphatic carboxylic acids is 2. The molecule has 98 valence electrons. The second kappa shape index (κ2) is 7.61. The smallest absolute Gasteiger partial charge is 0.326 e. The molecule has 0 aromatic rings. The Morgan fingerprint density at radius 3 is 2.29 bits per heavy atom. The highest BCUT2D eigenvalue weighted by Gasteiger charge is 2.24. The van der Waals surface area contributed by atoms with Crippen LogP contribution in [-0.2, 0) is 14.4 Å². The number of hydrogen-bond donors (Lipinski definition) is 4. The average Bonchev–Trinajstić information content (AvgIpc) is 2.23. The molecule has 0 aliphatic heterocycles. The SMILES string of the molecule is CC(CCCN)C(=O)NC(CC(=O)O)C(=O)O. The summed E-state index contributed by atoms with van der Waals surface area (Å²) in [6.45, 7) is 2.10. The molecule has 0 rings (SSSR count). The first-order valence-electron chi connectivity index (χ1n) is 5.33. The van der Waals surface area contributed by atoms with Gasteiger partial charge in [0.1, 0.15) is 6.04 Å². The fraction of sp³-hybridized carbons (Fsp3) is 0.700. The fourth-order valence-corrected chi connectivity index (χ4v) is 1.24. The molecule has 0 radical (unpaired) electrons. The molecule has 0 heterocycles. The molecule has 5 N–H and O–H groups in total. The van der Waals surface area contributed by atoms with Crippen molar-refractivity contribution >= 4 is 17.8 Å². The first-order chi connectivity index (χ1) is 7.88. The molecule has 0 aromatic heterocycles. The van der Waals surface area contributed by atoms with Crippen molar-refractivity contribution in [1.82, 2.24) is 5.32 Å². The summed E-state index contributed by atoms with van der Waals surface area (Å²) in [7, 11) is 0. The predicted octanol–water partition coefficient (Wildman–Crippen LogP) is -0.594. The Balaban J connectivity index is 4.29. The monoisotopic (exact) mass is 246 g/mol. The number of hydrogen-bond acceptors (Lipinski definition) is 4. The average molecular weight is 246 g/mol. The van der Waals surface area contributed by atoms with Crippen molar-refractivity contribution in [3.05, 3.63) is 0 Å². The summed E-state index contributed by atoms with van der Waals surface area (Å²) in [4.78, 5) is 32.7. The molecular weight excluding hydrogens is 228 g/mol. The molecule has 0 saturated heterocycles. The second-order valence-electron chi connectivity index (χ2n) is 3.83. The number of nitrogens with two attached hydrogens (primary N) is 1. The van der Waals surface area contributed by atoms with Crippen LogP contribution in [0.25, 0.3) is 0 Å². The Morgan fingerprint density at radius 2 is 1.88 bits per heavy atom. The molecule has 2 unspecified atom stereocenters. The van der Waals surface area contributed by atoms with Crippen LogP contribution < -0.4 is 11.1 Å². The van der Waals surface area contributed by atoms with Gasteiger partial charge in [0.25, 0.3) is 0 Å². The van der Waals surface area contributed by atoms with Gasteiger partial charge in [-0.3, -0.25) is 9.59 Å². The third-order valence-corrected chi connectivity index (χ3v) is 2.28. The van der Waals surface area contributed by atoms with Crippen LogP contribution in [0.3, 0.4) is 0 Å². The number of rotatable bonds is 8. The Labute approximate surface area is 99.0 Å². The highest BCUT2D eigenvalue weighted by atomic mass is 16.4. The van der Waals surface area contributed by atoms with Crippen LogP contribution in [0.1, 0.15) is 26.2 Å². The quantitative estimate of drug-likeness (QED) is 0.452. The number of nitrogens with one attached hydrogen (secondary N) is 1. The predicted molar refractivity (Wildman–Crippen MR) is 59.3 cm³/mol. The third kappa shape index (κ3) is 6.52. The zero-order valence-corrected chi connectivity index (χ0v) is 9.68. The number of carbonyl (C=O) groups is 3. The van der Waals surface area contributed by atoms with Gasteiger partial charge in [-0.05, 0) is 19.4 Å². The van der Waals surface area contributed by atoms with Crippen LogP contribution in [0.4, 0.5) is 0 Å². The van der Waals surface area contributed by atoms with Crippen LogP contribution in [0.15, 0.2) is 0 Å². The van der Waals surface area contributed by atoms with Crippen LogP contribution in [0.2, 0.25) is 0 Å². The first kappa shape index (κ1) is 15.4. The summed E-state index contributed by atoms with van der Waals surface area (Å²) in [5, 5.41) is 19.4. The minimum absolute atomic E-state index is 0.380. The van der Waals surface area contributed by atoms with E-state index in [1.807, 2.05) is 0 Å². The van der Waals surface area contributed by atoms with E-state index in [2.05, 4.69) is 5.32 Å². The van der Waals surface area contributed by atoms with Crippen molar-refractivity contribution in [2.24, 2.45) is 11.7 Å². The summed E-state index contributed by atoms with van der Waals surface area (Å²) >= 11 is 0. The molecule has 0 aromatic carbocycles. The van der Waals surface area contributed by atoms with Crippen LogP contribution in [0, 0.1) is 5.92 Å². The molecule has 0 fully saturated rings. The summed E-state index contributed by atoms with van der Waals surface area (Å²) in [5.41, 5.74) is 5.29. The van der Waals surface area contributed by atoms with E-state index in [-0.39, 0.29) is 5.92 Å². The largest absolute Gasteiger partial charge is 0.481 e. The molecule has 0 aliphatic carbocycles. The maximum atomic E-state index is 11.5. The van der Waals surface area contributed by atoms with Gasteiger partial charge < -0.3 is 21.3 Å². The van der Waals surface area contributed by atoms with Gasteiger partial charge in [0, 0.05) is 5.92 Å². The number of carboxylic acids is 2. The molecule has 0 aliphatic rings. The van der Waals surface area contributed by atoms with E-state index >= 15 is 0 Å². The Morgan fingerprint density at radius 1 is 1.29 bits per heavy atom. The maximum Gasteiger partial charge on any atom is 0.326 e. The third-order valence-electron chi connectivity index (χ3n) is 2.28. The van der Waals surface area contributed by atoms with E-state index in [1.54, 1.807) is 6.92 Å². The minimum atomic E-state index is -1.39. The molecule has 7 nitrogen and oxygen atoms in total. The molecule has 0 saturated carbocycles. The van der Waals surface area contributed by atoms with E-state index in [9.17, 15) is 14.4 Å². The topological polar surface area (TPSA) is 130 Å². The summed E-state index contributed by atoms with van der Waals surface area (Å²) in [6, 6.07) is -1.39. The normalized spacial score (nSPS) is 13.8. The zero-order valence-electron chi connectivity index (χ0n) is 9.68. The fourth-order valence-electron chi connectivity index (χ4n) is 1.24. The first-order valence-corrected chi connectivity index (χ1v) is 5.33. The van der Waals surface area contributed by atoms with Gasteiger partial charge in [-0.2, -0.15) is 0 Å². The zero-order chi connectivity index (χ0) is 13.4. The van der Waals surface area contributed by atoms with Crippen LogP contribution in [0.5, 0.6) is 0 Å². The summed E-state index contributed by atoms with van der Waals surface area (Å²) in [6.07, 6.45) is 0.567. The van der Waals surface area contributed by atoms with Crippen molar-refractivity contribution in [2.45, 2.75) is 32.2 Å². The van der Waals surface area contributed by atoms with Gasteiger partial charge >= 0.3 is 11.9 Å². The highest BCUT2D eigenvalue weighted by Crippen LogP contribution is 2.06. The van der Waals surface area contributed by atoms with Gasteiger partial charge in [0.05, 0.1) is 6.42 Å². The van der Waals surface area contributed by atoms with Crippen molar-refractivity contribution in [3.63, 3.8) is 0 Å². The van der Waals surface area contributed by atoms with Gasteiger partial charge in [-0.1, -0.05) is 6.92 Å². The van der Waals surface area contributed by atoms with Crippen molar-refractivity contribution in [2.75, 3.05) is 6.54 Å². The lowest BCUT2D eigenvalue weighted by atomic mass is 10.0. The minimum Gasteiger partial charge on any atom is -0.481 e. The Kier molecular flexibility index (Phi) is 6.88. The van der Waals surface area contributed by atoms with Gasteiger partial charge in [-0.25, -0.2) is 4.79 Å². The molecule has 2 atom stereocenters. The van der Waals surface area contributed by atoms with Crippen molar-refractivity contribution < 1.29 is 24.6 Å². The van der Waals surface area contributed by atoms with Crippen molar-refractivity contribution in [1.29, 1.82) is 0 Å². The standard InChI is InChI=1S/C10H18N2O5/c1-6(3-2-4-11)9(15)12-7(10(16)17)5-8(13)14/h6-7H,2-5,11H2,1H3,(H,12,15)(H,13,14)(H,16,17). The molecule has 17 heavy (non-hydrogen) atoms. The molecule has 0 spiro atoms. The van der Waals surface area contributed by atoms with Crippen molar-refractivity contribution in [3.8, 4) is 0 Å². The molecule has 0 bridgehead atoms. The van der Waals surface area contributed by atoms with Gasteiger partial charge in [0.15, 0.2) is 0 Å². The van der Waals surface area contributed by atoms with E-state index < -0.39 is 30.3 Å². The molecule has 1 amide bonds. The van der Waals surface area contributed by atoms with E-state index in [4.69, 9.17) is 15.9 Å². The van der Waals surface area contributed by atoms with Gasteiger partial charge in [0.2, 0.25) is 5.91 Å². The second-order valence-corrected chi connectivity index (χ2v) is 3.83. The van der Waals surface area contributed by atoms with Gasteiger partial charge in [-0.15, -0.1) is 0 Å². The Hall–Kier alpha value is -1.63. The Bertz CT molecular complexity index is 292. The van der Waals surface area contributed by atoms with E-state index in [0.29, 0.717) is 19.4 Å². The summed E-state index contributed by atoms with van der Waals surface area (Å²) < 4.78 is 0.